The smallest absolute Gasteiger partial charge is 0.242 e. The summed E-state index contributed by atoms with van der Waals surface area (Å²) in [5.41, 5.74) is 1.69. The number of piperazine rings is 1. The highest BCUT2D eigenvalue weighted by molar-refractivity contribution is 5.94. The van der Waals surface area contributed by atoms with Gasteiger partial charge < -0.3 is 10.2 Å². The highest BCUT2D eigenvalue weighted by Gasteiger charge is 2.26. The molecule has 1 aromatic carbocycles. The van der Waals surface area contributed by atoms with Gasteiger partial charge in [0.2, 0.25) is 5.91 Å². The number of rotatable bonds is 4. The number of amides is 1. The Morgan fingerprint density at radius 1 is 1.07 bits per heavy atom. The molecular weight excluding hydrogens is 347 g/mol. The average molecular weight is 368 g/mol. The van der Waals surface area contributed by atoms with Gasteiger partial charge >= 0.3 is 0 Å². The van der Waals surface area contributed by atoms with Crippen molar-refractivity contribution >= 4 is 23.1 Å². The number of benzene rings is 1. The molecule has 1 amide bonds. The van der Waals surface area contributed by atoms with Crippen LogP contribution in [-0.2, 0) is 4.79 Å². The third-order valence-electron chi connectivity index (χ3n) is 4.97. The van der Waals surface area contributed by atoms with Crippen molar-refractivity contribution in [3.8, 4) is 0 Å². The van der Waals surface area contributed by atoms with Crippen molar-refractivity contribution in [2.75, 3.05) is 36.4 Å². The molecule has 0 aliphatic carbocycles. The molecule has 1 saturated heterocycles. The Morgan fingerprint density at radius 3 is 2.56 bits per heavy atom. The number of anilines is 2. The maximum absolute atomic E-state index is 13.1. The number of carbonyl (C=O) groups is 1. The van der Waals surface area contributed by atoms with E-state index in [2.05, 4.69) is 25.2 Å². The number of nitrogens with zero attached hydrogens (tertiary/aromatic N) is 5. The van der Waals surface area contributed by atoms with E-state index in [9.17, 15) is 9.18 Å². The van der Waals surface area contributed by atoms with Gasteiger partial charge in [-0.25, -0.2) is 9.37 Å². The summed E-state index contributed by atoms with van der Waals surface area (Å²) < 4.78 is 14.7. The van der Waals surface area contributed by atoms with Crippen molar-refractivity contribution in [2.24, 2.45) is 0 Å². The summed E-state index contributed by atoms with van der Waals surface area (Å²) in [6, 6.07) is 9.79. The molecule has 3 aromatic rings. The molecule has 1 atom stereocenters. The summed E-state index contributed by atoms with van der Waals surface area (Å²) in [6.45, 7) is 5.02. The highest BCUT2D eigenvalue weighted by Crippen LogP contribution is 2.18. The molecule has 0 unspecified atom stereocenters. The molecule has 0 spiro atoms. The second-order valence-corrected chi connectivity index (χ2v) is 6.60. The summed E-state index contributed by atoms with van der Waals surface area (Å²) in [7, 11) is 0. The lowest BCUT2D eigenvalue weighted by Gasteiger charge is -2.38. The maximum atomic E-state index is 13.1. The number of fused-ring (bicyclic) bond motifs is 1. The van der Waals surface area contributed by atoms with Crippen molar-refractivity contribution in [2.45, 2.75) is 13.0 Å². The SMILES string of the molecule is C[C@H](C(=O)Nc1ccnc2ccnn12)N1CCN(c2ccc(F)cc2)CC1. The van der Waals surface area contributed by atoms with E-state index in [1.54, 1.807) is 41.2 Å². The second kappa shape index (κ2) is 7.32. The van der Waals surface area contributed by atoms with Gasteiger partial charge in [-0.3, -0.25) is 9.69 Å². The first-order chi connectivity index (χ1) is 13.1. The zero-order chi connectivity index (χ0) is 18.8. The minimum atomic E-state index is -0.265. The van der Waals surface area contributed by atoms with Crippen molar-refractivity contribution in [3.05, 3.63) is 54.6 Å². The first-order valence-electron chi connectivity index (χ1n) is 8.96. The Morgan fingerprint density at radius 2 is 1.81 bits per heavy atom. The molecule has 0 bridgehead atoms. The molecule has 1 N–H and O–H groups in total. The number of carbonyl (C=O) groups excluding carboxylic acids is 1. The summed E-state index contributed by atoms with van der Waals surface area (Å²) in [5, 5.41) is 7.13. The van der Waals surface area contributed by atoms with Crippen molar-refractivity contribution in [1.29, 1.82) is 0 Å². The van der Waals surface area contributed by atoms with Gasteiger partial charge in [0, 0.05) is 44.1 Å². The van der Waals surface area contributed by atoms with Gasteiger partial charge in [-0.2, -0.15) is 9.61 Å². The Balaban J connectivity index is 1.37. The number of hydrogen-bond acceptors (Lipinski definition) is 5. The van der Waals surface area contributed by atoms with Gasteiger partial charge in [-0.15, -0.1) is 0 Å². The van der Waals surface area contributed by atoms with Crippen LogP contribution in [0, 0.1) is 5.82 Å². The van der Waals surface area contributed by atoms with Crippen LogP contribution in [0.5, 0.6) is 0 Å². The third kappa shape index (κ3) is 3.61. The molecule has 1 aliphatic heterocycles. The zero-order valence-electron chi connectivity index (χ0n) is 15.0. The van der Waals surface area contributed by atoms with Gasteiger partial charge in [0.15, 0.2) is 5.65 Å². The summed E-state index contributed by atoms with van der Waals surface area (Å²) in [5.74, 6) is 0.296. The van der Waals surface area contributed by atoms with Crippen LogP contribution < -0.4 is 10.2 Å². The maximum Gasteiger partial charge on any atom is 0.242 e. The van der Waals surface area contributed by atoms with Gasteiger partial charge in [0.25, 0.3) is 0 Å². The van der Waals surface area contributed by atoms with E-state index in [0.29, 0.717) is 11.5 Å². The normalized spacial score (nSPS) is 16.4. The highest BCUT2D eigenvalue weighted by atomic mass is 19.1. The molecule has 1 aliphatic rings. The lowest BCUT2D eigenvalue weighted by atomic mass is 10.2. The lowest BCUT2D eigenvalue weighted by Crippen LogP contribution is -2.52. The van der Waals surface area contributed by atoms with E-state index in [-0.39, 0.29) is 17.8 Å². The number of hydrogen-bond donors (Lipinski definition) is 1. The van der Waals surface area contributed by atoms with Gasteiger partial charge in [0.1, 0.15) is 11.6 Å². The van der Waals surface area contributed by atoms with E-state index in [1.807, 2.05) is 6.92 Å². The number of aromatic nitrogens is 3. The molecule has 3 heterocycles. The Bertz CT molecular complexity index is 933. The van der Waals surface area contributed by atoms with Crippen LogP contribution in [0.1, 0.15) is 6.92 Å². The molecule has 2 aromatic heterocycles. The average Bonchev–Trinajstić information content (AvgIpc) is 3.18. The monoisotopic (exact) mass is 368 g/mol. The Hall–Kier alpha value is -3.00. The molecule has 4 rings (SSSR count). The molecule has 7 nitrogen and oxygen atoms in total. The first-order valence-corrected chi connectivity index (χ1v) is 8.96. The zero-order valence-corrected chi connectivity index (χ0v) is 15.0. The van der Waals surface area contributed by atoms with Crippen LogP contribution in [0.25, 0.3) is 5.65 Å². The minimum absolute atomic E-state index is 0.0757. The molecule has 140 valence electrons. The molecular formula is C19H21FN6O. The molecule has 8 heteroatoms. The number of nitrogens with one attached hydrogen (secondary N) is 1. The van der Waals surface area contributed by atoms with E-state index in [1.165, 1.54) is 12.1 Å². The van der Waals surface area contributed by atoms with Crippen LogP contribution in [-0.4, -0.2) is 57.6 Å². The Kier molecular flexibility index (Phi) is 4.72. The fraction of sp³-hybridized carbons (Fsp3) is 0.316. The minimum Gasteiger partial charge on any atom is -0.369 e. The van der Waals surface area contributed by atoms with Crippen LogP contribution >= 0.6 is 0 Å². The lowest BCUT2D eigenvalue weighted by molar-refractivity contribution is -0.120. The van der Waals surface area contributed by atoms with E-state index in [4.69, 9.17) is 0 Å². The van der Waals surface area contributed by atoms with Crippen LogP contribution in [0.3, 0.4) is 0 Å². The second-order valence-electron chi connectivity index (χ2n) is 6.60. The predicted octanol–water partition coefficient (Wildman–Crippen LogP) is 2.02. The van der Waals surface area contributed by atoms with Crippen molar-refractivity contribution in [1.82, 2.24) is 19.5 Å². The molecule has 0 saturated carbocycles. The van der Waals surface area contributed by atoms with Crippen molar-refractivity contribution in [3.63, 3.8) is 0 Å². The Labute approximate surface area is 156 Å². The van der Waals surface area contributed by atoms with Gasteiger partial charge in [0.05, 0.1) is 12.2 Å². The molecule has 0 radical (unpaired) electrons. The van der Waals surface area contributed by atoms with Crippen LogP contribution in [0.4, 0.5) is 15.9 Å². The topological polar surface area (TPSA) is 65.8 Å². The summed E-state index contributed by atoms with van der Waals surface area (Å²) in [6.07, 6.45) is 3.30. The van der Waals surface area contributed by atoms with Crippen LogP contribution in [0.2, 0.25) is 0 Å². The van der Waals surface area contributed by atoms with Crippen molar-refractivity contribution < 1.29 is 9.18 Å². The van der Waals surface area contributed by atoms with E-state index >= 15 is 0 Å². The van der Waals surface area contributed by atoms with Gasteiger partial charge in [-0.1, -0.05) is 0 Å². The largest absolute Gasteiger partial charge is 0.369 e. The third-order valence-corrected chi connectivity index (χ3v) is 4.97. The molecule has 1 fully saturated rings. The quantitative estimate of drug-likeness (QED) is 0.763. The van der Waals surface area contributed by atoms with E-state index < -0.39 is 0 Å². The van der Waals surface area contributed by atoms with E-state index in [0.717, 1.165) is 31.9 Å². The standard InChI is InChI=1S/C19H21FN6O/c1-14(19(27)23-18-6-8-21-17-7-9-22-26(17)18)24-10-12-25(13-11-24)16-4-2-15(20)3-5-16/h2-9,14H,10-13H2,1H3,(H,23,27)/t14-/m1/s1. The summed E-state index contributed by atoms with van der Waals surface area (Å²) >= 11 is 0. The predicted molar refractivity (Wildman–Crippen MR) is 101 cm³/mol. The fourth-order valence-electron chi connectivity index (χ4n) is 3.35. The molecule has 27 heavy (non-hydrogen) atoms. The summed E-state index contributed by atoms with van der Waals surface area (Å²) in [4.78, 5) is 21.2. The fourth-order valence-corrected chi connectivity index (χ4v) is 3.35. The van der Waals surface area contributed by atoms with Crippen LogP contribution in [0.15, 0.2) is 48.8 Å². The first kappa shape index (κ1) is 17.4. The number of halogens is 1. The van der Waals surface area contributed by atoms with Gasteiger partial charge in [-0.05, 0) is 37.3 Å².